The molecule has 0 aliphatic carbocycles. The lowest BCUT2D eigenvalue weighted by molar-refractivity contribution is 0.112. The summed E-state index contributed by atoms with van der Waals surface area (Å²) in [5.41, 5.74) is 6.06. The van der Waals surface area contributed by atoms with Crippen LogP contribution >= 0.6 is 11.3 Å². The van der Waals surface area contributed by atoms with Crippen molar-refractivity contribution in [2.24, 2.45) is 0 Å². The van der Waals surface area contributed by atoms with Gasteiger partial charge in [-0.3, -0.25) is 4.79 Å². The van der Waals surface area contributed by atoms with E-state index in [1.807, 2.05) is 11.4 Å². The minimum absolute atomic E-state index is 0.0139. The molecule has 1 heterocycles. The Balaban J connectivity index is 2.92. The van der Waals surface area contributed by atoms with Crippen LogP contribution in [-0.4, -0.2) is 11.4 Å². The monoisotopic (exact) mass is 193 g/mol. The molecule has 66 valence electrons. The highest BCUT2D eigenvalue weighted by molar-refractivity contribution is 7.17. The Morgan fingerprint density at radius 1 is 1.54 bits per heavy atom. The molecule has 2 aromatic rings. The lowest BCUT2D eigenvalue weighted by atomic mass is 10.1. The van der Waals surface area contributed by atoms with E-state index in [1.54, 1.807) is 6.07 Å². The van der Waals surface area contributed by atoms with Crippen LogP contribution in [0.2, 0.25) is 0 Å². The third-order valence-corrected chi connectivity index (χ3v) is 2.84. The van der Waals surface area contributed by atoms with Crippen LogP contribution in [0.15, 0.2) is 17.5 Å². The van der Waals surface area contributed by atoms with Gasteiger partial charge in [-0.25, -0.2) is 0 Å². The molecule has 0 fully saturated rings. The summed E-state index contributed by atoms with van der Waals surface area (Å²) in [5, 5.41) is 12.3. The molecule has 2 rings (SSSR count). The number of aromatic hydroxyl groups is 1. The molecule has 0 atom stereocenters. The number of hydrogen-bond acceptors (Lipinski definition) is 4. The fourth-order valence-corrected chi connectivity index (χ4v) is 2.09. The predicted octanol–water partition coefficient (Wildman–Crippen LogP) is 2.00. The lowest BCUT2D eigenvalue weighted by Crippen LogP contribution is -1.92. The van der Waals surface area contributed by atoms with Gasteiger partial charge in [0, 0.05) is 5.69 Å². The maximum Gasteiger partial charge on any atom is 0.155 e. The topological polar surface area (TPSA) is 63.3 Å². The Morgan fingerprint density at radius 3 is 3.00 bits per heavy atom. The number of nitrogens with two attached hydrogens (primary N) is 1. The number of rotatable bonds is 1. The van der Waals surface area contributed by atoms with Gasteiger partial charge in [-0.1, -0.05) is 0 Å². The van der Waals surface area contributed by atoms with Crippen LogP contribution in [0.5, 0.6) is 5.75 Å². The Kier molecular flexibility index (Phi) is 1.70. The molecule has 3 N–H and O–H groups in total. The number of carbonyl (C=O) groups is 1. The van der Waals surface area contributed by atoms with Crippen LogP contribution in [0.4, 0.5) is 5.69 Å². The summed E-state index contributed by atoms with van der Waals surface area (Å²) in [7, 11) is 0. The van der Waals surface area contributed by atoms with Crippen molar-refractivity contribution in [2.45, 2.75) is 0 Å². The summed E-state index contributed by atoms with van der Waals surface area (Å²) >= 11 is 1.39. The zero-order chi connectivity index (χ0) is 9.42. The number of nitrogen functional groups attached to an aromatic ring is 1. The Labute approximate surface area is 78.4 Å². The average molecular weight is 193 g/mol. The summed E-state index contributed by atoms with van der Waals surface area (Å²) in [6, 6.07) is 3.54. The molecular formula is C9H7NO2S. The average Bonchev–Trinajstić information content (AvgIpc) is 2.53. The first-order valence-electron chi connectivity index (χ1n) is 3.68. The summed E-state index contributed by atoms with van der Waals surface area (Å²) in [4.78, 5) is 10.6. The van der Waals surface area contributed by atoms with Gasteiger partial charge in [0.1, 0.15) is 5.75 Å². The Hall–Kier alpha value is -1.55. The molecule has 13 heavy (non-hydrogen) atoms. The third-order valence-electron chi connectivity index (χ3n) is 1.91. The number of thiophene rings is 1. The van der Waals surface area contributed by atoms with Crippen LogP contribution in [0.3, 0.4) is 0 Å². The van der Waals surface area contributed by atoms with Crippen molar-refractivity contribution in [2.75, 3.05) is 5.73 Å². The molecule has 0 unspecified atom stereocenters. The van der Waals surface area contributed by atoms with Gasteiger partial charge in [-0.15, -0.1) is 11.3 Å². The number of phenols is 1. The number of benzene rings is 1. The molecule has 0 saturated heterocycles. The molecule has 3 nitrogen and oxygen atoms in total. The summed E-state index contributed by atoms with van der Waals surface area (Å²) in [6.45, 7) is 0. The molecule has 0 amide bonds. The molecule has 0 saturated carbocycles. The number of hydrogen-bond donors (Lipinski definition) is 2. The molecular weight excluding hydrogens is 186 g/mol. The molecule has 0 bridgehead atoms. The molecule has 1 aromatic heterocycles. The van der Waals surface area contributed by atoms with Crippen LogP contribution in [0.25, 0.3) is 10.1 Å². The standard InChI is InChI=1S/C9H7NO2S/c10-7-3-5-1-2-13-9(5)8(12)6(7)4-11/h1-4,12H,10H2. The predicted molar refractivity (Wildman–Crippen MR) is 53.3 cm³/mol. The largest absolute Gasteiger partial charge is 0.506 e. The summed E-state index contributed by atoms with van der Waals surface area (Å²) in [5.74, 6) is -0.0139. The van der Waals surface area contributed by atoms with E-state index < -0.39 is 0 Å². The molecule has 0 radical (unpaired) electrons. The van der Waals surface area contributed by atoms with Crippen molar-refractivity contribution in [3.8, 4) is 5.75 Å². The van der Waals surface area contributed by atoms with Gasteiger partial charge < -0.3 is 10.8 Å². The fourth-order valence-electron chi connectivity index (χ4n) is 1.25. The fraction of sp³-hybridized carbons (Fsp3) is 0. The van der Waals surface area contributed by atoms with Crippen LogP contribution < -0.4 is 5.73 Å². The van der Waals surface area contributed by atoms with Gasteiger partial charge >= 0.3 is 0 Å². The third kappa shape index (κ3) is 1.07. The summed E-state index contributed by atoms with van der Waals surface area (Å²) in [6.07, 6.45) is 0.573. The molecule has 1 aromatic carbocycles. The Bertz CT molecular complexity index is 476. The van der Waals surface area contributed by atoms with Crippen molar-refractivity contribution in [1.29, 1.82) is 0 Å². The zero-order valence-electron chi connectivity index (χ0n) is 6.65. The van der Waals surface area contributed by atoms with Crippen molar-refractivity contribution in [3.05, 3.63) is 23.1 Å². The van der Waals surface area contributed by atoms with Crippen LogP contribution in [0, 0.1) is 0 Å². The lowest BCUT2D eigenvalue weighted by Gasteiger charge is -2.02. The second kappa shape index (κ2) is 2.74. The van der Waals surface area contributed by atoms with E-state index in [4.69, 9.17) is 5.73 Å². The molecule has 0 aliphatic heterocycles. The van der Waals surface area contributed by atoms with E-state index in [0.717, 1.165) is 5.39 Å². The normalized spacial score (nSPS) is 10.5. The van der Waals surface area contributed by atoms with Crippen molar-refractivity contribution < 1.29 is 9.90 Å². The van der Waals surface area contributed by atoms with Gasteiger partial charge in [0.05, 0.1) is 10.3 Å². The highest BCUT2D eigenvalue weighted by Gasteiger charge is 2.10. The smallest absolute Gasteiger partial charge is 0.155 e. The maximum absolute atomic E-state index is 10.6. The second-order valence-corrected chi connectivity index (χ2v) is 3.60. The highest BCUT2D eigenvalue weighted by atomic mass is 32.1. The second-order valence-electron chi connectivity index (χ2n) is 2.68. The number of carbonyl (C=O) groups excluding carboxylic acids is 1. The minimum Gasteiger partial charge on any atom is -0.506 e. The Morgan fingerprint density at radius 2 is 2.31 bits per heavy atom. The van der Waals surface area contributed by atoms with Gasteiger partial charge in [0.25, 0.3) is 0 Å². The van der Waals surface area contributed by atoms with Gasteiger partial charge in [0.15, 0.2) is 6.29 Å². The van der Waals surface area contributed by atoms with Gasteiger partial charge in [-0.05, 0) is 22.9 Å². The maximum atomic E-state index is 10.6. The van der Waals surface area contributed by atoms with Crippen molar-refractivity contribution >= 4 is 33.4 Å². The quantitative estimate of drug-likeness (QED) is 0.537. The van der Waals surface area contributed by atoms with Gasteiger partial charge in [0.2, 0.25) is 0 Å². The number of anilines is 1. The minimum atomic E-state index is -0.0139. The first-order chi connectivity index (χ1) is 6.24. The van der Waals surface area contributed by atoms with E-state index in [0.29, 0.717) is 16.7 Å². The van der Waals surface area contributed by atoms with E-state index >= 15 is 0 Å². The first kappa shape index (κ1) is 8.07. The highest BCUT2D eigenvalue weighted by Crippen LogP contribution is 2.35. The SMILES string of the molecule is Nc1cc2ccsc2c(O)c1C=O. The van der Waals surface area contributed by atoms with Crippen molar-refractivity contribution in [1.82, 2.24) is 0 Å². The first-order valence-corrected chi connectivity index (χ1v) is 4.56. The van der Waals surface area contributed by atoms with Crippen LogP contribution in [-0.2, 0) is 0 Å². The zero-order valence-corrected chi connectivity index (χ0v) is 7.47. The van der Waals surface area contributed by atoms with Crippen LogP contribution in [0.1, 0.15) is 10.4 Å². The van der Waals surface area contributed by atoms with E-state index in [-0.39, 0.29) is 11.3 Å². The summed E-state index contributed by atoms with van der Waals surface area (Å²) < 4.78 is 0.705. The van der Waals surface area contributed by atoms with E-state index in [2.05, 4.69) is 0 Å². The van der Waals surface area contributed by atoms with Crippen molar-refractivity contribution in [3.63, 3.8) is 0 Å². The van der Waals surface area contributed by atoms with E-state index in [1.165, 1.54) is 11.3 Å². The van der Waals surface area contributed by atoms with Gasteiger partial charge in [-0.2, -0.15) is 0 Å². The molecule has 4 heteroatoms. The number of fused-ring (bicyclic) bond motifs is 1. The van der Waals surface area contributed by atoms with E-state index in [9.17, 15) is 9.90 Å². The molecule has 0 spiro atoms. The number of phenolic OH excluding ortho intramolecular Hbond substituents is 1. The molecule has 0 aliphatic rings. The number of aldehydes is 1.